The minimum atomic E-state index is 0.331. The number of hydrogen-bond donors (Lipinski definition) is 0. The van der Waals surface area contributed by atoms with Crippen molar-refractivity contribution in [1.29, 1.82) is 0 Å². The first kappa shape index (κ1) is 13.7. The molecule has 2 aliphatic rings. The highest BCUT2D eigenvalue weighted by Gasteiger charge is 2.48. The number of rotatable bonds is 5. The summed E-state index contributed by atoms with van der Waals surface area (Å²) in [6.07, 6.45) is 7.68. The second-order valence-electron chi connectivity index (χ2n) is 6.47. The Morgan fingerprint density at radius 2 is 2.15 bits per heavy atom. The molecular formula is C18H24O2. The Morgan fingerprint density at radius 3 is 2.80 bits per heavy atom. The third kappa shape index (κ3) is 2.76. The van der Waals surface area contributed by atoms with Gasteiger partial charge in [0.05, 0.1) is 25.1 Å². The first-order valence-corrected chi connectivity index (χ1v) is 7.67. The summed E-state index contributed by atoms with van der Waals surface area (Å²) < 4.78 is 11.7. The molecule has 2 bridgehead atoms. The normalized spacial score (nSPS) is 32.6. The lowest BCUT2D eigenvalue weighted by Crippen LogP contribution is -2.30. The van der Waals surface area contributed by atoms with Gasteiger partial charge < -0.3 is 9.47 Å². The van der Waals surface area contributed by atoms with Crippen molar-refractivity contribution in [2.24, 2.45) is 5.41 Å². The van der Waals surface area contributed by atoms with Crippen molar-refractivity contribution in [3.05, 3.63) is 42.2 Å². The van der Waals surface area contributed by atoms with E-state index in [0.29, 0.717) is 17.6 Å². The molecule has 1 aromatic rings. The van der Waals surface area contributed by atoms with Crippen LogP contribution < -0.4 is 0 Å². The Hall–Kier alpha value is -1.28. The molecule has 0 radical (unpaired) electrons. The molecule has 2 saturated heterocycles. The Kier molecular flexibility index (Phi) is 3.84. The summed E-state index contributed by atoms with van der Waals surface area (Å²) in [4.78, 5) is 0. The van der Waals surface area contributed by atoms with E-state index in [4.69, 9.17) is 9.47 Å². The fourth-order valence-corrected chi connectivity index (χ4v) is 3.53. The van der Waals surface area contributed by atoms with Crippen LogP contribution >= 0.6 is 0 Å². The molecule has 0 aliphatic carbocycles. The first-order chi connectivity index (χ1) is 9.67. The number of allylic oxidation sites excluding steroid dienone is 1. The lowest BCUT2D eigenvalue weighted by atomic mass is 9.73. The average molecular weight is 272 g/mol. The van der Waals surface area contributed by atoms with E-state index in [2.05, 4.69) is 38.1 Å². The zero-order valence-corrected chi connectivity index (χ0v) is 12.5. The number of fused-ring (bicyclic) bond motifs is 2. The van der Waals surface area contributed by atoms with Crippen LogP contribution in [0.5, 0.6) is 0 Å². The minimum absolute atomic E-state index is 0.331. The van der Waals surface area contributed by atoms with Crippen LogP contribution in [-0.2, 0) is 9.47 Å². The smallest absolute Gasteiger partial charge is 0.0879 e. The monoisotopic (exact) mass is 272 g/mol. The van der Waals surface area contributed by atoms with Gasteiger partial charge in [-0.15, -0.1) is 0 Å². The van der Waals surface area contributed by atoms with Crippen molar-refractivity contribution >= 4 is 5.57 Å². The molecule has 1 aromatic carbocycles. The standard InChI is InChI=1S/C18H24O2/c1-14(15-6-4-3-5-7-15)13-19-11-10-18(2)12-16-8-9-17(18)20-16/h3-7,13,16-17H,8-12H2,1-2H3/b14-13-. The van der Waals surface area contributed by atoms with Crippen molar-refractivity contribution in [2.75, 3.05) is 6.61 Å². The van der Waals surface area contributed by atoms with Gasteiger partial charge in [-0.3, -0.25) is 0 Å². The lowest BCUT2D eigenvalue weighted by Gasteiger charge is -2.30. The molecule has 3 atom stereocenters. The fourth-order valence-electron chi connectivity index (χ4n) is 3.53. The Morgan fingerprint density at radius 1 is 1.35 bits per heavy atom. The number of ether oxygens (including phenoxy) is 2. The van der Waals surface area contributed by atoms with Crippen molar-refractivity contribution in [3.63, 3.8) is 0 Å². The van der Waals surface area contributed by atoms with Crippen LogP contribution in [0.3, 0.4) is 0 Å². The summed E-state index contributed by atoms with van der Waals surface area (Å²) in [7, 11) is 0. The molecule has 0 amide bonds. The van der Waals surface area contributed by atoms with E-state index < -0.39 is 0 Å². The molecular weight excluding hydrogens is 248 g/mol. The highest BCUT2D eigenvalue weighted by atomic mass is 16.5. The predicted molar refractivity (Wildman–Crippen MR) is 81.3 cm³/mol. The molecule has 2 fully saturated rings. The van der Waals surface area contributed by atoms with Gasteiger partial charge in [-0.05, 0) is 49.2 Å². The predicted octanol–water partition coefficient (Wildman–Crippen LogP) is 4.41. The maximum Gasteiger partial charge on any atom is 0.0879 e. The van der Waals surface area contributed by atoms with Crippen LogP contribution in [0.1, 0.15) is 45.1 Å². The molecule has 0 aromatic heterocycles. The van der Waals surface area contributed by atoms with Crippen molar-refractivity contribution in [3.8, 4) is 0 Å². The summed E-state index contributed by atoms with van der Waals surface area (Å²) in [6.45, 7) is 5.24. The van der Waals surface area contributed by atoms with E-state index in [1.807, 2.05) is 12.3 Å². The molecule has 2 heteroatoms. The molecule has 2 nitrogen and oxygen atoms in total. The van der Waals surface area contributed by atoms with Gasteiger partial charge in [0.15, 0.2) is 0 Å². The van der Waals surface area contributed by atoms with Gasteiger partial charge >= 0.3 is 0 Å². The van der Waals surface area contributed by atoms with Crippen LogP contribution in [0.15, 0.2) is 36.6 Å². The molecule has 2 heterocycles. The van der Waals surface area contributed by atoms with E-state index in [-0.39, 0.29) is 0 Å². The topological polar surface area (TPSA) is 18.5 Å². The van der Waals surface area contributed by atoms with E-state index in [1.165, 1.54) is 30.4 Å². The van der Waals surface area contributed by atoms with Gasteiger partial charge in [0, 0.05) is 0 Å². The first-order valence-electron chi connectivity index (χ1n) is 7.67. The fraction of sp³-hybridized carbons (Fsp3) is 0.556. The van der Waals surface area contributed by atoms with Gasteiger partial charge in [-0.2, -0.15) is 0 Å². The molecule has 3 unspecified atom stereocenters. The molecule has 0 N–H and O–H groups in total. The van der Waals surface area contributed by atoms with E-state index >= 15 is 0 Å². The molecule has 0 saturated carbocycles. The Balaban J connectivity index is 1.49. The Labute approximate surface area is 121 Å². The number of benzene rings is 1. The third-order valence-corrected chi connectivity index (χ3v) is 4.86. The van der Waals surface area contributed by atoms with E-state index in [1.54, 1.807) is 0 Å². The van der Waals surface area contributed by atoms with Crippen molar-refractivity contribution < 1.29 is 9.47 Å². The minimum Gasteiger partial charge on any atom is -0.501 e. The van der Waals surface area contributed by atoms with Crippen molar-refractivity contribution in [2.45, 2.75) is 51.7 Å². The summed E-state index contributed by atoms with van der Waals surface area (Å²) in [5.41, 5.74) is 2.74. The zero-order chi connectivity index (χ0) is 14.0. The largest absolute Gasteiger partial charge is 0.501 e. The quantitative estimate of drug-likeness (QED) is 0.584. The van der Waals surface area contributed by atoms with Crippen LogP contribution in [-0.4, -0.2) is 18.8 Å². The SMILES string of the molecule is C/C(=C/OCCC1(C)CC2CCC1O2)c1ccccc1. The second-order valence-corrected chi connectivity index (χ2v) is 6.47. The van der Waals surface area contributed by atoms with Crippen LogP contribution in [0.4, 0.5) is 0 Å². The van der Waals surface area contributed by atoms with Crippen LogP contribution in [0.2, 0.25) is 0 Å². The highest BCUT2D eigenvalue weighted by Crippen LogP contribution is 2.49. The summed E-state index contributed by atoms with van der Waals surface area (Å²) >= 11 is 0. The summed E-state index contributed by atoms with van der Waals surface area (Å²) in [5, 5.41) is 0. The third-order valence-electron chi connectivity index (χ3n) is 4.86. The van der Waals surface area contributed by atoms with Gasteiger partial charge in [-0.1, -0.05) is 37.3 Å². The van der Waals surface area contributed by atoms with Crippen LogP contribution in [0.25, 0.3) is 5.57 Å². The van der Waals surface area contributed by atoms with Gasteiger partial charge in [-0.25, -0.2) is 0 Å². The molecule has 0 spiro atoms. The highest BCUT2D eigenvalue weighted by molar-refractivity contribution is 5.62. The van der Waals surface area contributed by atoms with Gasteiger partial charge in [0.1, 0.15) is 0 Å². The molecule has 3 rings (SSSR count). The summed E-state index contributed by atoms with van der Waals surface area (Å²) in [6, 6.07) is 10.4. The van der Waals surface area contributed by atoms with Gasteiger partial charge in [0.2, 0.25) is 0 Å². The van der Waals surface area contributed by atoms with E-state index in [0.717, 1.165) is 13.0 Å². The number of hydrogen-bond acceptors (Lipinski definition) is 2. The Bertz CT molecular complexity index is 479. The zero-order valence-electron chi connectivity index (χ0n) is 12.5. The van der Waals surface area contributed by atoms with E-state index in [9.17, 15) is 0 Å². The molecule has 20 heavy (non-hydrogen) atoms. The van der Waals surface area contributed by atoms with Crippen LogP contribution in [0, 0.1) is 5.41 Å². The average Bonchev–Trinajstić information content (AvgIpc) is 3.05. The molecule has 108 valence electrons. The summed E-state index contributed by atoms with van der Waals surface area (Å²) in [5.74, 6) is 0. The van der Waals surface area contributed by atoms with Crippen molar-refractivity contribution in [1.82, 2.24) is 0 Å². The maximum atomic E-state index is 5.96. The maximum absolute atomic E-state index is 5.96. The molecule has 2 aliphatic heterocycles. The lowest BCUT2D eigenvalue weighted by molar-refractivity contribution is 0.0542. The second kappa shape index (κ2) is 5.61. The van der Waals surface area contributed by atoms with Gasteiger partial charge in [0.25, 0.3) is 0 Å².